The van der Waals surface area contributed by atoms with E-state index in [1.54, 1.807) is 0 Å². The number of hydrogen-bond donors (Lipinski definition) is 1. The second-order valence-electron chi connectivity index (χ2n) is 5.62. The molecule has 0 unspecified atom stereocenters. The SMILES string of the molecule is CC(C)c1ccccc1OCCN=C(N)N(C)C1CC1.I. The molecule has 1 aliphatic carbocycles. The van der Waals surface area contributed by atoms with Crippen molar-refractivity contribution in [3.63, 3.8) is 0 Å². The molecule has 5 heteroatoms. The number of benzene rings is 1. The lowest BCUT2D eigenvalue weighted by Crippen LogP contribution is -2.36. The van der Waals surface area contributed by atoms with E-state index in [4.69, 9.17) is 10.5 Å². The summed E-state index contributed by atoms with van der Waals surface area (Å²) in [7, 11) is 2.01. The molecule has 0 bridgehead atoms. The number of aliphatic imine (C=N–C) groups is 1. The molecule has 21 heavy (non-hydrogen) atoms. The van der Waals surface area contributed by atoms with Gasteiger partial charge in [0.1, 0.15) is 12.4 Å². The summed E-state index contributed by atoms with van der Waals surface area (Å²) in [5.74, 6) is 2.03. The van der Waals surface area contributed by atoms with Crippen LogP contribution in [0.15, 0.2) is 29.3 Å². The minimum Gasteiger partial charge on any atom is -0.491 e. The zero-order valence-electron chi connectivity index (χ0n) is 13.1. The maximum atomic E-state index is 5.94. The Bertz CT molecular complexity index is 472. The van der Waals surface area contributed by atoms with Gasteiger partial charge in [-0.1, -0.05) is 32.0 Å². The van der Waals surface area contributed by atoms with Crippen LogP contribution in [0.2, 0.25) is 0 Å². The van der Waals surface area contributed by atoms with E-state index in [0.717, 1.165) is 5.75 Å². The molecule has 0 aliphatic heterocycles. The van der Waals surface area contributed by atoms with Gasteiger partial charge in [-0.15, -0.1) is 24.0 Å². The summed E-state index contributed by atoms with van der Waals surface area (Å²) in [5, 5.41) is 0. The Kier molecular flexibility index (Phi) is 7.28. The molecule has 1 aromatic carbocycles. The van der Waals surface area contributed by atoms with Gasteiger partial charge in [0.2, 0.25) is 0 Å². The van der Waals surface area contributed by atoms with Crippen LogP contribution in [0.5, 0.6) is 5.75 Å². The highest BCUT2D eigenvalue weighted by Crippen LogP contribution is 2.26. The zero-order valence-corrected chi connectivity index (χ0v) is 15.4. The Labute approximate surface area is 144 Å². The predicted molar refractivity (Wildman–Crippen MR) is 98.7 cm³/mol. The molecule has 0 atom stereocenters. The third-order valence-electron chi connectivity index (χ3n) is 3.62. The molecule has 0 amide bonds. The van der Waals surface area contributed by atoms with Gasteiger partial charge >= 0.3 is 0 Å². The normalized spacial score (nSPS) is 14.8. The Morgan fingerprint density at radius 3 is 2.67 bits per heavy atom. The summed E-state index contributed by atoms with van der Waals surface area (Å²) in [5.41, 5.74) is 7.17. The topological polar surface area (TPSA) is 50.9 Å². The average molecular weight is 403 g/mol. The molecule has 0 saturated heterocycles. The fraction of sp³-hybridized carbons (Fsp3) is 0.562. The van der Waals surface area contributed by atoms with Crippen LogP contribution in [0.4, 0.5) is 0 Å². The maximum Gasteiger partial charge on any atom is 0.191 e. The summed E-state index contributed by atoms with van der Waals surface area (Å²) >= 11 is 0. The van der Waals surface area contributed by atoms with E-state index in [2.05, 4.69) is 29.8 Å². The van der Waals surface area contributed by atoms with Crippen LogP contribution in [0.25, 0.3) is 0 Å². The van der Waals surface area contributed by atoms with Gasteiger partial charge in [0, 0.05) is 13.1 Å². The maximum absolute atomic E-state index is 5.94. The minimum absolute atomic E-state index is 0. The van der Waals surface area contributed by atoms with Crippen molar-refractivity contribution in [2.24, 2.45) is 10.7 Å². The lowest BCUT2D eigenvalue weighted by atomic mass is 10.0. The Morgan fingerprint density at radius 1 is 1.38 bits per heavy atom. The van der Waals surface area contributed by atoms with E-state index >= 15 is 0 Å². The van der Waals surface area contributed by atoms with E-state index in [0.29, 0.717) is 31.1 Å². The third kappa shape index (κ3) is 5.37. The second kappa shape index (κ2) is 8.46. The van der Waals surface area contributed by atoms with Gasteiger partial charge in [-0.05, 0) is 30.4 Å². The van der Waals surface area contributed by atoms with Gasteiger partial charge in [-0.3, -0.25) is 0 Å². The molecule has 118 valence electrons. The van der Waals surface area contributed by atoms with Gasteiger partial charge in [-0.2, -0.15) is 0 Å². The van der Waals surface area contributed by atoms with Crippen LogP contribution in [-0.2, 0) is 0 Å². The summed E-state index contributed by atoms with van der Waals surface area (Å²) in [4.78, 5) is 6.43. The molecule has 0 radical (unpaired) electrons. The minimum atomic E-state index is 0. The lowest BCUT2D eigenvalue weighted by Gasteiger charge is -2.17. The first-order valence-electron chi connectivity index (χ1n) is 7.34. The summed E-state index contributed by atoms with van der Waals surface area (Å²) < 4.78 is 5.82. The van der Waals surface area contributed by atoms with Crippen LogP contribution in [0, 0.1) is 0 Å². The van der Waals surface area contributed by atoms with Crippen molar-refractivity contribution in [1.82, 2.24) is 4.90 Å². The highest BCUT2D eigenvalue weighted by atomic mass is 127. The monoisotopic (exact) mass is 403 g/mol. The van der Waals surface area contributed by atoms with Crippen molar-refractivity contribution in [3.05, 3.63) is 29.8 Å². The largest absolute Gasteiger partial charge is 0.491 e. The van der Waals surface area contributed by atoms with E-state index in [1.165, 1.54) is 18.4 Å². The number of hydrogen-bond acceptors (Lipinski definition) is 2. The van der Waals surface area contributed by atoms with Crippen molar-refractivity contribution in [1.29, 1.82) is 0 Å². The Balaban J connectivity index is 0.00000220. The number of nitrogens with zero attached hydrogens (tertiary/aromatic N) is 2. The predicted octanol–water partition coefficient (Wildman–Crippen LogP) is 3.22. The van der Waals surface area contributed by atoms with Crippen LogP contribution in [0.1, 0.15) is 38.2 Å². The van der Waals surface area contributed by atoms with Gasteiger partial charge in [-0.25, -0.2) is 4.99 Å². The molecule has 0 heterocycles. The molecule has 4 nitrogen and oxygen atoms in total. The van der Waals surface area contributed by atoms with Gasteiger partial charge in [0.25, 0.3) is 0 Å². The van der Waals surface area contributed by atoms with Crippen molar-refractivity contribution in [2.45, 2.75) is 38.6 Å². The fourth-order valence-corrected chi connectivity index (χ4v) is 2.17. The molecule has 2 rings (SSSR count). The molecule has 0 aromatic heterocycles. The molecule has 1 fully saturated rings. The number of guanidine groups is 1. The fourth-order valence-electron chi connectivity index (χ4n) is 2.17. The molecule has 0 spiro atoms. The van der Waals surface area contributed by atoms with Gasteiger partial charge in [0.05, 0.1) is 6.54 Å². The molecule has 1 aliphatic rings. The smallest absolute Gasteiger partial charge is 0.191 e. The lowest BCUT2D eigenvalue weighted by molar-refractivity contribution is 0.323. The molecule has 2 N–H and O–H groups in total. The van der Waals surface area contributed by atoms with Crippen LogP contribution in [0.3, 0.4) is 0 Å². The van der Waals surface area contributed by atoms with Crippen LogP contribution >= 0.6 is 24.0 Å². The first-order chi connectivity index (χ1) is 9.59. The first kappa shape index (κ1) is 18.1. The molecular formula is C16H26IN3O. The number of nitrogens with two attached hydrogens (primary N) is 1. The zero-order chi connectivity index (χ0) is 14.5. The quantitative estimate of drug-likeness (QED) is 0.344. The third-order valence-corrected chi connectivity index (χ3v) is 3.62. The van der Waals surface area contributed by atoms with Crippen molar-refractivity contribution in [3.8, 4) is 5.75 Å². The average Bonchev–Trinajstić information content (AvgIpc) is 3.27. The van der Waals surface area contributed by atoms with E-state index < -0.39 is 0 Å². The van der Waals surface area contributed by atoms with Gasteiger partial charge in [0.15, 0.2) is 5.96 Å². The van der Waals surface area contributed by atoms with E-state index in [1.807, 2.05) is 25.2 Å². The second-order valence-corrected chi connectivity index (χ2v) is 5.62. The van der Waals surface area contributed by atoms with E-state index in [9.17, 15) is 0 Å². The van der Waals surface area contributed by atoms with Gasteiger partial charge < -0.3 is 15.4 Å². The number of ether oxygens (including phenoxy) is 1. The van der Waals surface area contributed by atoms with Crippen LogP contribution in [-0.4, -0.2) is 37.1 Å². The molecule has 1 saturated carbocycles. The first-order valence-corrected chi connectivity index (χ1v) is 7.34. The van der Waals surface area contributed by atoms with Crippen LogP contribution < -0.4 is 10.5 Å². The Morgan fingerprint density at radius 2 is 2.05 bits per heavy atom. The highest BCUT2D eigenvalue weighted by Gasteiger charge is 2.27. The van der Waals surface area contributed by atoms with Crippen molar-refractivity contribution < 1.29 is 4.74 Å². The summed E-state index contributed by atoms with van der Waals surface area (Å²) in [6.07, 6.45) is 2.45. The highest BCUT2D eigenvalue weighted by molar-refractivity contribution is 14.0. The molecular weight excluding hydrogens is 377 g/mol. The number of rotatable bonds is 6. The number of halogens is 1. The number of para-hydroxylation sites is 1. The standard InChI is InChI=1S/C16H25N3O.HI/c1-12(2)14-6-4-5-7-15(14)20-11-10-18-16(17)19(3)13-8-9-13;/h4-7,12-13H,8-11H2,1-3H3,(H2,17,18);1H. The molecule has 1 aromatic rings. The summed E-state index contributed by atoms with van der Waals surface area (Å²) in [6.45, 7) is 5.49. The van der Waals surface area contributed by atoms with Crippen molar-refractivity contribution in [2.75, 3.05) is 20.2 Å². The summed E-state index contributed by atoms with van der Waals surface area (Å²) in [6, 6.07) is 8.76. The Hall–Kier alpha value is -0.980. The van der Waals surface area contributed by atoms with E-state index in [-0.39, 0.29) is 24.0 Å². The van der Waals surface area contributed by atoms with Crippen molar-refractivity contribution >= 4 is 29.9 Å².